The quantitative estimate of drug-likeness (QED) is 0.686. The molecule has 1 aliphatic carbocycles. The van der Waals surface area contributed by atoms with Gasteiger partial charge in [0.2, 0.25) is 5.91 Å². The largest absolute Gasteiger partial charge is 0.433 e. The van der Waals surface area contributed by atoms with Crippen LogP contribution in [0, 0.1) is 0 Å². The fraction of sp³-hybridized carbons (Fsp3) is 0.583. The first-order valence-corrected chi connectivity index (χ1v) is 7.26. The molecule has 0 saturated heterocycles. The number of hydrogen-bond donors (Lipinski definition) is 1. The van der Waals surface area contributed by atoms with Crippen LogP contribution in [0.2, 0.25) is 0 Å². The van der Waals surface area contributed by atoms with E-state index < -0.39 is 11.9 Å². The van der Waals surface area contributed by atoms with Crippen molar-refractivity contribution in [2.45, 2.75) is 43.1 Å². The maximum atomic E-state index is 12.5. The van der Waals surface area contributed by atoms with Crippen molar-refractivity contribution in [3.63, 3.8) is 0 Å². The summed E-state index contributed by atoms with van der Waals surface area (Å²) in [5.41, 5.74) is -0.994. The van der Waals surface area contributed by atoms with Crippen molar-refractivity contribution in [1.82, 2.24) is 15.3 Å². The molecular weight excluding hydrogens is 291 g/mol. The van der Waals surface area contributed by atoms with E-state index in [4.69, 9.17) is 0 Å². The Hall–Kier alpha value is -1.31. The average Bonchev–Trinajstić information content (AvgIpc) is 2.88. The lowest BCUT2D eigenvalue weighted by atomic mass is 10.2. The molecule has 1 amide bonds. The number of carbonyl (C=O) groups is 1. The van der Waals surface area contributed by atoms with Gasteiger partial charge in [-0.3, -0.25) is 4.79 Å². The molecule has 0 unspecified atom stereocenters. The highest BCUT2D eigenvalue weighted by Gasteiger charge is 2.32. The van der Waals surface area contributed by atoms with Crippen LogP contribution < -0.4 is 5.32 Å². The van der Waals surface area contributed by atoms with Crippen LogP contribution in [0.1, 0.15) is 31.4 Å². The van der Waals surface area contributed by atoms with Crippen molar-refractivity contribution in [2.75, 3.05) is 5.75 Å². The summed E-state index contributed by atoms with van der Waals surface area (Å²) in [5, 5.41) is 2.82. The van der Waals surface area contributed by atoms with Crippen LogP contribution in [-0.2, 0) is 11.0 Å². The third kappa shape index (κ3) is 4.36. The molecule has 1 N–H and O–H groups in total. The van der Waals surface area contributed by atoms with Crippen LogP contribution in [0.3, 0.4) is 0 Å². The molecule has 0 bridgehead atoms. The first-order chi connectivity index (χ1) is 9.45. The zero-order chi connectivity index (χ0) is 14.6. The molecule has 1 fully saturated rings. The molecule has 4 nitrogen and oxygen atoms in total. The van der Waals surface area contributed by atoms with Crippen molar-refractivity contribution in [3.8, 4) is 0 Å². The molecule has 0 atom stereocenters. The number of amides is 1. The Labute approximate surface area is 118 Å². The van der Waals surface area contributed by atoms with Crippen molar-refractivity contribution in [3.05, 3.63) is 18.0 Å². The molecule has 20 heavy (non-hydrogen) atoms. The van der Waals surface area contributed by atoms with Gasteiger partial charge >= 0.3 is 6.18 Å². The second-order valence-corrected chi connectivity index (χ2v) is 5.50. The van der Waals surface area contributed by atoms with Crippen LogP contribution in [0.25, 0.3) is 0 Å². The first kappa shape index (κ1) is 15.1. The van der Waals surface area contributed by atoms with Gasteiger partial charge in [0.05, 0.1) is 5.75 Å². The minimum Gasteiger partial charge on any atom is -0.353 e. The number of nitrogens with one attached hydrogen (secondary N) is 1. The minimum absolute atomic E-state index is 0.0256. The lowest BCUT2D eigenvalue weighted by Gasteiger charge is -2.11. The highest BCUT2D eigenvalue weighted by atomic mass is 32.2. The van der Waals surface area contributed by atoms with Crippen LogP contribution in [0.4, 0.5) is 13.2 Å². The predicted octanol–water partition coefficient (Wildman–Crippen LogP) is 2.65. The van der Waals surface area contributed by atoms with Crippen molar-refractivity contribution in [2.24, 2.45) is 0 Å². The Balaban J connectivity index is 1.85. The highest BCUT2D eigenvalue weighted by molar-refractivity contribution is 7.99. The van der Waals surface area contributed by atoms with E-state index >= 15 is 0 Å². The second kappa shape index (κ2) is 6.43. The SMILES string of the molecule is O=C(CSc1nccc(C(F)(F)F)n1)NC1CCCC1. The summed E-state index contributed by atoms with van der Waals surface area (Å²) >= 11 is 0.908. The summed E-state index contributed by atoms with van der Waals surface area (Å²) in [7, 11) is 0. The number of thioether (sulfide) groups is 1. The van der Waals surface area contributed by atoms with Crippen LogP contribution >= 0.6 is 11.8 Å². The number of carbonyl (C=O) groups excluding carboxylic acids is 1. The van der Waals surface area contributed by atoms with Gasteiger partial charge in [0, 0.05) is 12.2 Å². The average molecular weight is 305 g/mol. The van der Waals surface area contributed by atoms with E-state index in [1.165, 1.54) is 0 Å². The first-order valence-electron chi connectivity index (χ1n) is 6.27. The molecule has 1 aliphatic rings. The third-order valence-electron chi connectivity index (χ3n) is 2.98. The Morgan fingerprint density at radius 2 is 2.10 bits per heavy atom. The third-order valence-corrected chi connectivity index (χ3v) is 3.84. The van der Waals surface area contributed by atoms with E-state index in [0.29, 0.717) is 0 Å². The van der Waals surface area contributed by atoms with Crippen LogP contribution in [0.5, 0.6) is 0 Å². The molecule has 8 heteroatoms. The topological polar surface area (TPSA) is 54.9 Å². The van der Waals surface area contributed by atoms with Gasteiger partial charge in [-0.15, -0.1) is 0 Å². The highest BCUT2D eigenvalue weighted by Crippen LogP contribution is 2.28. The molecule has 1 saturated carbocycles. The van der Waals surface area contributed by atoms with Crippen LogP contribution in [0.15, 0.2) is 17.4 Å². The Morgan fingerprint density at radius 1 is 1.40 bits per heavy atom. The van der Waals surface area contributed by atoms with Crippen molar-refractivity contribution in [1.29, 1.82) is 0 Å². The summed E-state index contributed by atoms with van der Waals surface area (Å²) in [6.45, 7) is 0. The predicted molar refractivity (Wildman–Crippen MR) is 68.2 cm³/mol. The van der Waals surface area contributed by atoms with Gasteiger partial charge in [-0.2, -0.15) is 13.2 Å². The summed E-state index contributed by atoms with van der Waals surface area (Å²) in [4.78, 5) is 18.8. The summed E-state index contributed by atoms with van der Waals surface area (Å²) in [5.74, 6) is -0.166. The summed E-state index contributed by atoms with van der Waals surface area (Å²) in [6, 6.07) is 1.01. The molecule has 0 aromatic carbocycles. The van der Waals surface area contributed by atoms with Gasteiger partial charge in [0.25, 0.3) is 0 Å². The molecule has 2 rings (SSSR count). The van der Waals surface area contributed by atoms with Crippen LogP contribution in [-0.4, -0.2) is 27.7 Å². The van der Waals surface area contributed by atoms with E-state index in [-0.39, 0.29) is 22.9 Å². The van der Waals surface area contributed by atoms with Gasteiger partial charge in [-0.25, -0.2) is 9.97 Å². The Morgan fingerprint density at radius 3 is 2.75 bits per heavy atom. The van der Waals surface area contributed by atoms with Crippen molar-refractivity contribution < 1.29 is 18.0 Å². The zero-order valence-electron chi connectivity index (χ0n) is 10.6. The lowest BCUT2D eigenvalue weighted by molar-refractivity contribution is -0.141. The maximum Gasteiger partial charge on any atom is 0.433 e. The normalized spacial score (nSPS) is 16.4. The molecule has 110 valence electrons. The molecular formula is C12H14F3N3OS. The maximum absolute atomic E-state index is 12.5. The van der Waals surface area contributed by atoms with Gasteiger partial charge in [0.1, 0.15) is 5.69 Å². The molecule has 1 aromatic rings. The second-order valence-electron chi connectivity index (χ2n) is 4.56. The molecule has 1 heterocycles. The number of alkyl halides is 3. The Bertz CT molecular complexity index is 475. The smallest absolute Gasteiger partial charge is 0.353 e. The van der Waals surface area contributed by atoms with Gasteiger partial charge in [-0.1, -0.05) is 24.6 Å². The van der Waals surface area contributed by atoms with Crippen molar-refractivity contribution >= 4 is 17.7 Å². The Kier molecular flexibility index (Phi) is 4.85. The number of halogens is 3. The lowest BCUT2D eigenvalue weighted by Crippen LogP contribution is -2.33. The zero-order valence-corrected chi connectivity index (χ0v) is 11.4. The van der Waals surface area contributed by atoms with Gasteiger partial charge in [-0.05, 0) is 18.9 Å². The van der Waals surface area contributed by atoms with E-state index in [1.54, 1.807) is 0 Å². The van der Waals surface area contributed by atoms with Gasteiger partial charge in [0.15, 0.2) is 5.16 Å². The number of aromatic nitrogens is 2. The molecule has 0 spiro atoms. The standard InChI is InChI=1S/C12H14F3N3OS/c13-12(14,15)9-5-6-16-11(18-9)20-7-10(19)17-8-3-1-2-4-8/h5-6,8H,1-4,7H2,(H,17,19). The minimum atomic E-state index is -4.50. The molecule has 1 aromatic heterocycles. The number of nitrogens with zero attached hydrogens (tertiary/aromatic N) is 2. The molecule has 0 aliphatic heterocycles. The van der Waals surface area contributed by atoms with Gasteiger partial charge < -0.3 is 5.32 Å². The monoisotopic (exact) mass is 305 g/mol. The fourth-order valence-electron chi connectivity index (χ4n) is 2.04. The van der Waals surface area contributed by atoms with E-state index in [9.17, 15) is 18.0 Å². The number of hydrogen-bond acceptors (Lipinski definition) is 4. The molecule has 0 radical (unpaired) electrons. The van der Waals surface area contributed by atoms with E-state index in [1.807, 2.05) is 0 Å². The number of rotatable bonds is 4. The van der Waals surface area contributed by atoms with E-state index in [0.717, 1.165) is 49.7 Å². The summed E-state index contributed by atoms with van der Waals surface area (Å²) < 4.78 is 37.4. The van der Waals surface area contributed by atoms with E-state index in [2.05, 4.69) is 15.3 Å². The fourth-order valence-corrected chi connectivity index (χ4v) is 2.68. The summed E-state index contributed by atoms with van der Waals surface area (Å²) in [6.07, 6.45) is 0.702.